The van der Waals surface area contributed by atoms with E-state index in [9.17, 15) is 19.5 Å². The van der Waals surface area contributed by atoms with Crippen LogP contribution in [-0.4, -0.2) is 65.0 Å². The number of para-hydroxylation sites is 1. The van der Waals surface area contributed by atoms with E-state index >= 15 is 8.78 Å². The molecule has 0 bridgehead atoms. The number of hydrogen-bond acceptors (Lipinski definition) is 5. The van der Waals surface area contributed by atoms with Crippen LogP contribution in [0.4, 0.5) is 8.78 Å². The number of aliphatic hydroxyl groups is 1. The predicted molar refractivity (Wildman–Crippen MR) is 167 cm³/mol. The van der Waals surface area contributed by atoms with Crippen LogP contribution in [0.5, 0.6) is 5.75 Å². The number of halogens is 2. The van der Waals surface area contributed by atoms with E-state index in [1.807, 2.05) is 63.2 Å². The summed E-state index contributed by atoms with van der Waals surface area (Å²) in [5.41, 5.74) is 2.16. The normalized spacial score (nSPS) is 18.1. The zero-order valence-corrected chi connectivity index (χ0v) is 26.3. The Kier molecular flexibility index (Phi) is 10.3. The van der Waals surface area contributed by atoms with Gasteiger partial charge in [-0.3, -0.25) is 14.4 Å². The van der Waals surface area contributed by atoms with Crippen molar-refractivity contribution in [3.05, 3.63) is 101 Å². The van der Waals surface area contributed by atoms with Gasteiger partial charge >= 0.3 is 0 Å². The first-order valence-electron chi connectivity index (χ1n) is 14.9. The third-order valence-electron chi connectivity index (χ3n) is 8.59. The summed E-state index contributed by atoms with van der Waals surface area (Å²) in [6, 6.07) is 19.0. The molecule has 3 N–H and O–H groups in total. The van der Waals surface area contributed by atoms with Gasteiger partial charge in [0.15, 0.2) is 12.7 Å². The second kappa shape index (κ2) is 13.8. The highest BCUT2D eigenvalue weighted by Crippen LogP contribution is 2.48. The predicted octanol–water partition coefficient (Wildman–Crippen LogP) is 4.27. The number of nitrogens with zero attached hydrogens (tertiary/aromatic N) is 1. The van der Waals surface area contributed by atoms with E-state index in [-0.39, 0.29) is 13.0 Å². The summed E-state index contributed by atoms with van der Waals surface area (Å²) in [7, 11) is 0. The van der Waals surface area contributed by atoms with Gasteiger partial charge in [0.2, 0.25) is 5.91 Å². The van der Waals surface area contributed by atoms with Gasteiger partial charge in [0, 0.05) is 6.54 Å². The minimum Gasteiger partial charge on any atom is -0.483 e. The molecule has 240 valence electrons. The van der Waals surface area contributed by atoms with E-state index in [1.54, 1.807) is 30.3 Å². The zero-order valence-electron chi connectivity index (χ0n) is 26.3. The summed E-state index contributed by atoms with van der Waals surface area (Å²) in [5, 5.41) is 16.8. The van der Waals surface area contributed by atoms with E-state index in [0.717, 1.165) is 27.2 Å². The highest BCUT2D eigenvalue weighted by atomic mass is 19.3. The number of ether oxygens (including phenoxy) is 1. The second-order valence-corrected chi connectivity index (χ2v) is 12.3. The summed E-state index contributed by atoms with van der Waals surface area (Å²) in [6.45, 7) is 6.68. The van der Waals surface area contributed by atoms with E-state index in [4.69, 9.17) is 4.74 Å². The molecule has 8 nitrogen and oxygen atoms in total. The molecule has 1 fully saturated rings. The van der Waals surface area contributed by atoms with Gasteiger partial charge in [-0.25, -0.2) is 8.78 Å². The number of carbonyl (C=O) groups is 3. The Bertz CT molecular complexity index is 1510. The second-order valence-electron chi connectivity index (χ2n) is 12.3. The molecule has 3 aromatic carbocycles. The smallest absolute Gasteiger partial charge is 0.272 e. The molecule has 0 aliphatic carbocycles. The standard InChI is InChI=1S/C35H41F2N3O5/c1-22-12-9-10-17-26(22)19-38-32(43)31-34(4,5)35(36,37)21-40(31)33(44)29(42)27(18-25-15-7-6-8-16-25)39-28(41)20-45-30-23(2)13-11-14-24(30)3/h6-17,27,29,31,42H,18-21H2,1-5H3,(H,38,43)(H,39,41). The van der Waals surface area contributed by atoms with Gasteiger partial charge < -0.3 is 25.4 Å². The van der Waals surface area contributed by atoms with Gasteiger partial charge in [-0.05, 0) is 55.0 Å². The molecular weight excluding hydrogens is 580 g/mol. The molecule has 1 saturated heterocycles. The Morgan fingerprint density at radius 2 is 1.53 bits per heavy atom. The summed E-state index contributed by atoms with van der Waals surface area (Å²) >= 11 is 0. The number of amides is 3. The first-order chi connectivity index (χ1) is 21.2. The molecule has 3 aromatic rings. The number of alkyl halides is 2. The van der Waals surface area contributed by atoms with E-state index < -0.39 is 60.4 Å². The van der Waals surface area contributed by atoms with Crippen LogP contribution in [0.3, 0.4) is 0 Å². The van der Waals surface area contributed by atoms with Crippen molar-refractivity contribution in [2.45, 2.75) is 71.7 Å². The van der Waals surface area contributed by atoms with Crippen LogP contribution in [0.1, 0.15) is 41.7 Å². The van der Waals surface area contributed by atoms with E-state index in [1.165, 1.54) is 13.8 Å². The van der Waals surface area contributed by atoms with Gasteiger partial charge in [0.1, 0.15) is 11.8 Å². The van der Waals surface area contributed by atoms with Crippen molar-refractivity contribution in [1.82, 2.24) is 15.5 Å². The molecular formula is C35H41F2N3O5. The van der Waals surface area contributed by atoms with Crippen LogP contribution in [0.2, 0.25) is 0 Å². The van der Waals surface area contributed by atoms with Crippen molar-refractivity contribution in [1.29, 1.82) is 0 Å². The number of benzene rings is 3. The molecule has 1 heterocycles. The molecule has 3 unspecified atom stereocenters. The van der Waals surface area contributed by atoms with Crippen LogP contribution in [0.25, 0.3) is 0 Å². The van der Waals surface area contributed by atoms with Gasteiger partial charge in [-0.2, -0.15) is 0 Å². The molecule has 45 heavy (non-hydrogen) atoms. The number of rotatable bonds is 11. The molecule has 0 saturated carbocycles. The number of aryl methyl sites for hydroxylation is 3. The average Bonchev–Trinajstić information content (AvgIpc) is 3.19. The van der Waals surface area contributed by atoms with Gasteiger partial charge in [-0.1, -0.05) is 86.6 Å². The van der Waals surface area contributed by atoms with Crippen molar-refractivity contribution < 1.29 is 33.0 Å². The summed E-state index contributed by atoms with van der Waals surface area (Å²) in [4.78, 5) is 41.1. The fourth-order valence-electron chi connectivity index (χ4n) is 5.73. The van der Waals surface area contributed by atoms with Crippen LogP contribution < -0.4 is 15.4 Å². The highest BCUT2D eigenvalue weighted by molar-refractivity contribution is 5.92. The third-order valence-corrected chi connectivity index (χ3v) is 8.59. The highest BCUT2D eigenvalue weighted by Gasteiger charge is 2.64. The summed E-state index contributed by atoms with van der Waals surface area (Å²) in [5.74, 6) is -5.32. The molecule has 1 aliphatic rings. The van der Waals surface area contributed by atoms with Crippen molar-refractivity contribution in [2.75, 3.05) is 13.2 Å². The molecule has 3 atom stereocenters. The monoisotopic (exact) mass is 621 g/mol. The minimum absolute atomic E-state index is 0.0284. The fourth-order valence-corrected chi connectivity index (χ4v) is 5.73. The lowest BCUT2D eigenvalue weighted by Crippen LogP contribution is -2.58. The summed E-state index contributed by atoms with van der Waals surface area (Å²) < 4.78 is 36.5. The molecule has 1 aliphatic heterocycles. The third kappa shape index (κ3) is 7.50. The van der Waals surface area contributed by atoms with Crippen molar-refractivity contribution in [3.8, 4) is 5.75 Å². The Hall–Kier alpha value is -4.31. The minimum atomic E-state index is -3.43. The molecule has 0 radical (unpaired) electrons. The number of nitrogens with one attached hydrogen (secondary N) is 2. The maximum absolute atomic E-state index is 15.4. The Morgan fingerprint density at radius 1 is 0.933 bits per heavy atom. The average molecular weight is 622 g/mol. The molecule has 0 spiro atoms. The van der Waals surface area contributed by atoms with Crippen molar-refractivity contribution in [3.63, 3.8) is 0 Å². The van der Waals surface area contributed by atoms with E-state index in [0.29, 0.717) is 11.3 Å². The number of carbonyl (C=O) groups excluding carboxylic acids is 3. The molecule has 0 aromatic heterocycles. The van der Waals surface area contributed by atoms with Crippen LogP contribution in [0, 0.1) is 26.2 Å². The first kappa shape index (κ1) is 33.6. The molecule has 3 amide bonds. The molecule has 4 rings (SSSR count). The Morgan fingerprint density at radius 3 is 2.18 bits per heavy atom. The van der Waals surface area contributed by atoms with Gasteiger partial charge in [0.05, 0.1) is 18.0 Å². The number of aliphatic hydroxyl groups excluding tert-OH is 1. The number of likely N-dealkylation sites (tertiary alicyclic amines) is 1. The number of hydrogen-bond donors (Lipinski definition) is 3. The molecule has 10 heteroatoms. The van der Waals surface area contributed by atoms with Crippen molar-refractivity contribution in [2.24, 2.45) is 5.41 Å². The summed E-state index contributed by atoms with van der Waals surface area (Å²) in [6.07, 6.45) is -1.90. The van der Waals surface area contributed by atoms with Crippen LogP contribution in [-0.2, 0) is 27.3 Å². The van der Waals surface area contributed by atoms with E-state index in [2.05, 4.69) is 10.6 Å². The maximum Gasteiger partial charge on any atom is 0.272 e. The van der Waals surface area contributed by atoms with Crippen molar-refractivity contribution >= 4 is 17.7 Å². The van der Waals surface area contributed by atoms with Gasteiger partial charge in [0.25, 0.3) is 17.7 Å². The lowest BCUT2D eigenvalue weighted by molar-refractivity contribution is -0.148. The zero-order chi connectivity index (χ0) is 32.9. The first-order valence-corrected chi connectivity index (χ1v) is 14.9. The lowest BCUT2D eigenvalue weighted by atomic mass is 9.81. The topological polar surface area (TPSA) is 108 Å². The van der Waals surface area contributed by atoms with Crippen LogP contribution in [0.15, 0.2) is 72.8 Å². The maximum atomic E-state index is 15.4. The quantitative estimate of drug-likeness (QED) is 0.297. The lowest BCUT2D eigenvalue weighted by Gasteiger charge is -2.34. The Labute approximate surface area is 262 Å². The largest absolute Gasteiger partial charge is 0.483 e. The van der Waals surface area contributed by atoms with Gasteiger partial charge in [-0.15, -0.1) is 0 Å². The van der Waals surface area contributed by atoms with Crippen LogP contribution >= 0.6 is 0 Å². The fraction of sp³-hybridized carbons (Fsp3) is 0.400. The Balaban J connectivity index is 1.55. The SMILES string of the molecule is Cc1ccccc1CNC(=O)C1N(C(=O)C(O)C(Cc2ccccc2)NC(=O)COc2c(C)cccc2C)CC(F)(F)C1(C)C.